The quantitative estimate of drug-likeness (QED) is 0.570. The summed E-state index contributed by atoms with van der Waals surface area (Å²) in [6.07, 6.45) is 0.407. The molecule has 0 bridgehead atoms. The van der Waals surface area contributed by atoms with E-state index in [1.54, 1.807) is 11.8 Å². The van der Waals surface area contributed by atoms with Gasteiger partial charge in [-0.05, 0) is 19.4 Å². The second kappa shape index (κ2) is 8.15. The van der Waals surface area contributed by atoms with Crippen molar-refractivity contribution in [2.24, 2.45) is 0 Å². The van der Waals surface area contributed by atoms with Crippen LogP contribution in [0.4, 0.5) is 13.2 Å². The Morgan fingerprint density at radius 3 is 2.44 bits per heavy atom. The van der Waals surface area contributed by atoms with Gasteiger partial charge in [0.2, 0.25) is 10.0 Å². The Morgan fingerprint density at radius 2 is 1.76 bits per heavy atom. The predicted octanol–water partition coefficient (Wildman–Crippen LogP) is 1.36. The Labute approximate surface area is 144 Å². The minimum atomic E-state index is -4.31. The highest BCUT2D eigenvalue weighted by atomic mass is 32.2. The van der Waals surface area contributed by atoms with Crippen LogP contribution in [0.3, 0.4) is 0 Å². The van der Waals surface area contributed by atoms with Crippen LogP contribution in [0, 0.1) is 17.5 Å². The van der Waals surface area contributed by atoms with Gasteiger partial charge in [0.25, 0.3) is 0 Å². The first-order valence-corrected chi connectivity index (χ1v) is 9.22. The molecule has 1 aromatic rings. The molecular weight excluding hydrogens is 361 g/mol. The average Bonchev–Trinajstić information content (AvgIpc) is 2.77. The molecule has 0 aromatic heterocycles. The van der Waals surface area contributed by atoms with Crippen molar-refractivity contribution < 1.29 is 31.1 Å². The number of rotatable bonds is 5. The number of hydrogen-bond acceptors (Lipinski definition) is 5. The van der Waals surface area contributed by atoms with Crippen molar-refractivity contribution in [3.05, 3.63) is 29.6 Å². The molecule has 6 nitrogen and oxygen atoms in total. The number of halogens is 3. The van der Waals surface area contributed by atoms with Crippen LogP contribution in [-0.4, -0.2) is 62.9 Å². The topological polar surface area (TPSA) is 66.9 Å². The summed E-state index contributed by atoms with van der Waals surface area (Å²) in [5, 5.41) is 0. The Hall–Kier alpha value is -1.65. The van der Waals surface area contributed by atoms with E-state index in [2.05, 4.69) is 0 Å². The number of benzene rings is 1. The Kier molecular flexibility index (Phi) is 6.42. The van der Waals surface area contributed by atoms with Gasteiger partial charge in [-0.3, -0.25) is 9.69 Å². The maximum atomic E-state index is 13.8. The third-order valence-electron chi connectivity index (χ3n) is 3.80. The molecule has 25 heavy (non-hydrogen) atoms. The smallest absolute Gasteiger partial charge is 0.320 e. The lowest BCUT2D eigenvalue weighted by atomic mass is 10.3. The van der Waals surface area contributed by atoms with Gasteiger partial charge in [-0.1, -0.05) is 0 Å². The number of sulfonamides is 1. The SMILES string of the molecule is CCOC(=O)CN1CCCN(S(=O)(=O)c2cc(F)c(F)cc2F)CC1. The largest absolute Gasteiger partial charge is 0.465 e. The van der Waals surface area contributed by atoms with E-state index in [4.69, 9.17) is 4.74 Å². The lowest BCUT2D eigenvalue weighted by Crippen LogP contribution is -2.37. The Balaban J connectivity index is 2.13. The van der Waals surface area contributed by atoms with Crippen LogP contribution in [0.25, 0.3) is 0 Å². The van der Waals surface area contributed by atoms with Crippen LogP contribution in [0.15, 0.2) is 17.0 Å². The monoisotopic (exact) mass is 380 g/mol. The minimum absolute atomic E-state index is 0.000172. The first-order chi connectivity index (χ1) is 11.8. The van der Waals surface area contributed by atoms with Crippen LogP contribution < -0.4 is 0 Å². The lowest BCUT2D eigenvalue weighted by Gasteiger charge is -2.21. The van der Waals surface area contributed by atoms with E-state index in [1.165, 1.54) is 0 Å². The summed E-state index contributed by atoms with van der Waals surface area (Å²) in [4.78, 5) is 12.3. The van der Waals surface area contributed by atoms with Crippen LogP contribution in [0.5, 0.6) is 0 Å². The van der Waals surface area contributed by atoms with Gasteiger partial charge in [0, 0.05) is 32.2 Å². The fourth-order valence-electron chi connectivity index (χ4n) is 2.58. The first kappa shape index (κ1) is 19.7. The van der Waals surface area contributed by atoms with Gasteiger partial charge in [0.1, 0.15) is 10.7 Å². The first-order valence-electron chi connectivity index (χ1n) is 7.78. The Bertz CT molecular complexity index is 743. The predicted molar refractivity (Wildman–Crippen MR) is 82.8 cm³/mol. The van der Waals surface area contributed by atoms with Crippen LogP contribution in [0.1, 0.15) is 13.3 Å². The molecule has 1 fully saturated rings. The number of carbonyl (C=O) groups excluding carboxylic acids is 1. The molecule has 1 aromatic carbocycles. The Morgan fingerprint density at radius 1 is 1.08 bits per heavy atom. The fraction of sp³-hybridized carbons (Fsp3) is 0.533. The van der Waals surface area contributed by atoms with Crippen molar-refractivity contribution in [2.45, 2.75) is 18.2 Å². The van der Waals surface area contributed by atoms with Crippen molar-refractivity contribution in [3.8, 4) is 0 Å². The molecule has 0 spiro atoms. The molecule has 1 heterocycles. The number of nitrogens with zero attached hydrogens (tertiary/aromatic N) is 2. The summed E-state index contributed by atoms with van der Waals surface area (Å²) in [5.41, 5.74) is 0. The van der Waals surface area contributed by atoms with Gasteiger partial charge < -0.3 is 4.74 Å². The molecule has 1 aliphatic rings. The molecule has 0 saturated carbocycles. The van der Waals surface area contributed by atoms with Crippen molar-refractivity contribution in [1.82, 2.24) is 9.21 Å². The summed E-state index contributed by atoms with van der Waals surface area (Å²) in [6, 6.07) is 0.564. The summed E-state index contributed by atoms with van der Waals surface area (Å²) in [6.45, 7) is 2.75. The van der Waals surface area contributed by atoms with Crippen molar-refractivity contribution in [1.29, 1.82) is 0 Å². The highest BCUT2D eigenvalue weighted by molar-refractivity contribution is 7.89. The van der Waals surface area contributed by atoms with Crippen molar-refractivity contribution in [2.75, 3.05) is 39.3 Å². The second-order valence-corrected chi connectivity index (χ2v) is 7.44. The van der Waals surface area contributed by atoms with Crippen LogP contribution in [-0.2, 0) is 19.6 Å². The van der Waals surface area contributed by atoms with Gasteiger partial charge in [-0.15, -0.1) is 0 Å². The number of ether oxygens (including phenoxy) is 1. The van der Waals surface area contributed by atoms with E-state index < -0.39 is 38.3 Å². The third kappa shape index (κ3) is 4.71. The van der Waals surface area contributed by atoms with Gasteiger partial charge >= 0.3 is 5.97 Å². The standard InChI is InChI=1S/C15H19F3N2O4S/c1-2-24-15(21)10-19-4-3-5-20(7-6-19)25(22,23)14-9-12(17)11(16)8-13(14)18/h8-9H,2-7,10H2,1H3. The molecule has 1 saturated heterocycles. The summed E-state index contributed by atoms with van der Waals surface area (Å²) >= 11 is 0. The average molecular weight is 380 g/mol. The normalized spacial score (nSPS) is 17.3. The molecule has 10 heteroatoms. The molecular formula is C15H19F3N2O4S. The molecule has 0 aliphatic carbocycles. The second-order valence-electron chi connectivity index (χ2n) is 5.54. The minimum Gasteiger partial charge on any atom is -0.465 e. The molecule has 0 amide bonds. The van der Waals surface area contributed by atoms with Gasteiger partial charge in [0.05, 0.1) is 13.2 Å². The molecule has 0 unspecified atom stereocenters. The zero-order valence-electron chi connectivity index (χ0n) is 13.7. The highest BCUT2D eigenvalue weighted by Gasteiger charge is 2.31. The summed E-state index contributed by atoms with van der Waals surface area (Å²) in [7, 11) is -4.31. The molecule has 0 atom stereocenters. The number of carbonyl (C=O) groups is 1. The van der Waals surface area contributed by atoms with Gasteiger partial charge in [-0.2, -0.15) is 4.31 Å². The summed E-state index contributed by atoms with van der Waals surface area (Å²) in [5.74, 6) is -4.64. The van der Waals surface area contributed by atoms with Crippen LogP contribution >= 0.6 is 0 Å². The maximum absolute atomic E-state index is 13.8. The fourth-order valence-corrected chi connectivity index (χ4v) is 4.10. The van der Waals surface area contributed by atoms with Gasteiger partial charge in [-0.25, -0.2) is 21.6 Å². The zero-order chi connectivity index (χ0) is 18.6. The number of hydrogen-bond donors (Lipinski definition) is 0. The van der Waals surface area contributed by atoms with E-state index in [-0.39, 0.29) is 38.9 Å². The van der Waals surface area contributed by atoms with E-state index >= 15 is 0 Å². The molecule has 2 rings (SSSR count). The molecule has 0 N–H and O–H groups in total. The van der Waals surface area contributed by atoms with Crippen LogP contribution in [0.2, 0.25) is 0 Å². The third-order valence-corrected chi connectivity index (χ3v) is 5.71. The lowest BCUT2D eigenvalue weighted by molar-refractivity contribution is -0.144. The van der Waals surface area contributed by atoms with Crippen molar-refractivity contribution >= 4 is 16.0 Å². The summed E-state index contributed by atoms with van der Waals surface area (Å²) < 4.78 is 71.1. The molecule has 0 radical (unpaired) electrons. The van der Waals surface area contributed by atoms with E-state index in [0.717, 1.165) is 4.31 Å². The van der Waals surface area contributed by atoms with Gasteiger partial charge in [0.15, 0.2) is 11.6 Å². The van der Waals surface area contributed by atoms with E-state index in [0.29, 0.717) is 19.0 Å². The molecule has 140 valence electrons. The van der Waals surface area contributed by atoms with E-state index in [9.17, 15) is 26.4 Å². The highest BCUT2D eigenvalue weighted by Crippen LogP contribution is 2.23. The van der Waals surface area contributed by atoms with Crippen molar-refractivity contribution in [3.63, 3.8) is 0 Å². The van der Waals surface area contributed by atoms with E-state index in [1.807, 2.05) is 0 Å². The zero-order valence-corrected chi connectivity index (χ0v) is 14.5. The molecule has 1 aliphatic heterocycles. The maximum Gasteiger partial charge on any atom is 0.320 e. The number of esters is 1.